The molecule has 2 aromatic rings. The van der Waals surface area contributed by atoms with Crippen molar-refractivity contribution in [2.75, 3.05) is 0 Å². The lowest BCUT2D eigenvalue weighted by molar-refractivity contribution is -0.136. The highest BCUT2D eigenvalue weighted by Gasteiger charge is 2.18. The lowest BCUT2D eigenvalue weighted by atomic mass is 9.97. The number of carboxylic acids is 1. The maximum atomic E-state index is 11.2. The average Bonchev–Trinajstić information content (AvgIpc) is 2.39. The van der Waals surface area contributed by atoms with Gasteiger partial charge in [0.1, 0.15) is 0 Å². The van der Waals surface area contributed by atoms with Gasteiger partial charge in [-0.25, -0.2) is 0 Å². The highest BCUT2D eigenvalue weighted by atomic mass is 31.2. The monoisotopic (exact) mass is 306 g/mol. The van der Waals surface area contributed by atoms with E-state index in [-0.39, 0.29) is 12.6 Å². The van der Waals surface area contributed by atoms with Gasteiger partial charge in [0.15, 0.2) is 0 Å². The minimum atomic E-state index is -4.19. The first-order valence-electron chi connectivity index (χ1n) is 6.29. The summed E-state index contributed by atoms with van der Waals surface area (Å²) in [7, 11) is -4.19. The Hall–Kier alpha value is -1.94. The first kappa shape index (κ1) is 15.4. The van der Waals surface area contributed by atoms with Crippen LogP contribution in [0.3, 0.4) is 0 Å². The minimum Gasteiger partial charge on any atom is -0.481 e. The van der Waals surface area contributed by atoms with E-state index in [2.05, 4.69) is 0 Å². The third kappa shape index (κ3) is 4.53. The van der Waals surface area contributed by atoms with Crippen LogP contribution in [0.2, 0.25) is 0 Å². The zero-order valence-corrected chi connectivity index (χ0v) is 12.0. The highest BCUT2D eigenvalue weighted by molar-refractivity contribution is 7.50. The molecule has 0 spiro atoms. The summed E-state index contributed by atoms with van der Waals surface area (Å²) in [6.07, 6.45) is -0.499. The quantitative estimate of drug-likeness (QED) is 0.738. The van der Waals surface area contributed by atoms with Crippen LogP contribution in [0, 0.1) is 0 Å². The van der Waals surface area contributed by atoms with Crippen LogP contribution in [-0.4, -0.2) is 20.9 Å². The van der Waals surface area contributed by atoms with Gasteiger partial charge in [-0.15, -0.1) is 0 Å². The van der Waals surface area contributed by atoms with Crippen molar-refractivity contribution in [2.24, 2.45) is 0 Å². The third-order valence-electron chi connectivity index (χ3n) is 2.99. The fourth-order valence-electron chi connectivity index (χ4n) is 2.15. The van der Waals surface area contributed by atoms with Crippen molar-refractivity contribution >= 4 is 13.6 Å². The van der Waals surface area contributed by atoms with Crippen LogP contribution in [0.1, 0.15) is 11.1 Å². The summed E-state index contributed by atoms with van der Waals surface area (Å²) < 4.78 is 11.2. The summed E-state index contributed by atoms with van der Waals surface area (Å²) in [5.41, 5.74) is 2.55. The first-order valence-corrected chi connectivity index (χ1v) is 8.08. The Labute approximate surface area is 122 Å². The molecule has 6 heteroatoms. The van der Waals surface area contributed by atoms with E-state index in [9.17, 15) is 19.1 Å². The summed E-state index contributed by atoms with van der Waals surface area (Å²) in [5.74, 6) is -0.947. The normalized spacial score (nSPS) is 11.3. The molecule has 0 saturated carbocycles. The molecule has 0 radical (unpaired) electrons. The molecule has 0 amide bonds. The number of hydrogen-bond acceptors (Lipinski definition) is 2. The first-order chi connectivity index (χ1) is 9.85. The summed E-state index contributed by atoms with van der Waals surface area (Å²) >= 11 is 0. The molecule has 0 unspecified atom stereocenters. The van der Waals surface area contributed by atoms with Crippen LogP contribution in [0.5, 0.6) is 0 Å². The van der Waals surface area contributed by atoms with Crippen molar-refractivity contribution in [3.8, 4) is 11.1 Å². The number of carboxylic acid groups (broad SMARTS) is 1. The van der Waals surface area contributed by atoms with Gasteiger partial charge in [0.2, 0.25) is 0 Å². The van der Waals surface area contributed by atoms with Crippen molar-refractivity contribution in [1.29, 1.82) is 0 Å². The van der Waals surface area contributed by atoms with E-state index < -0.39 is 13.6 Å². The van der Waals surface area contributed by atoms with Crippen molar-refractivity contribution in [3.05, 3.63) is 59.7 Å². The summed E-state index contributed by atoms with van der Waals surface area (Å²) in [6, 6.07) is 14.0. The van der Waals surface area contributed by atoms with Gasteiger partial charge in [0.05, 0.1) is 12.6 Å². The second-order valence-electron chi connectivity index (χ2n) is 4.75. The molecule has 0 bridgehead atoms. The van der Waals surface area contributed by atoms with Gasteiger partial charge in [-0.3, -0.25) is 9.36 Å². The number of hydrogen-bond donors (Lipinski definition) is 3. The molecule has 0 aliphatic heterocycles. The lowest BCUT2D eigenvalue weighted by Gasteiger charge is -2.12. The summed E-state index contributed by atoms with van der Waals surface area (Å²) in [4.78, 5) is 29.2. The topological polar surface area (TPSA) is 94.8 Å². The molecule has 0 aliphatic rings. The Morgan fingerprint density at radius 1 is 1.05 bits per heavy atom. The maximum absolute atomic E-state index is 11.2. The lowest BCUT2D eigenvalue weighted by Crippen LogP contribution is -2.01. The summed E-state index contributed by atoms with van der Waals surface area (Å²) in [6.45, 7) is 0. The minimum absolute atomic E-state index is 0.129. The van der Waals surface area contributed by atoms with E-state index in [0.717, 1.165) is 5.56 Å². The van der Waals surface area contributed by atoms with E-state index in [1.54, 1.807) is 18.2 Å². The molecule has 3 N–H and O–H groups in total. The van der Waals surface area contributed by atoms with Crippen molar-refractivity contribution in [2.45, 2.75) is 12.6 Å². The summed E-state index contributed by atoms with van der Waals surface area (Å²) in [5, 5.41) is 8.86. The molecular formula is C15H15O5P. The molecule has 0 aliphatic carbocycles. The number of carbonyl (C=O) groups is 1. The van der Waals surface area contributed by atoms with Gasteiger partial charge in [-0.2, -0.15) is 0 Å². The molecule has 0 fully saturated rings. The molecule has 110 valence electrons. The molecular weight excluding hydrogens is 291 g/mol. The van der Waals surface area contributed by atoms with Crippen LogP contribution in [0.15, 0.2) is 48.5 Å². The van der Waals surface area contributed by atoms with E-state index in [4.69, 9.17) is 5.11 Å². The average molecular weight is 306 g/mol. The largest absolute Gasteiger partial charge is 0.481 e. The maximum Gasteiger partial charge on any atom is 0.329 e. The Kier molecular flexibility index (Phi) is 4.58. The van der Waals surface area contributed by atoms with Gasteiger partial charge in [0.25, 0.3) is 0 Å². The molecule has 0 aromatic heterocycles. The third-order valence-corrected chi connectivity index (χ3v) is 3.74. The van der Waals surface area contributed by atoms with Crippen LogP contribution in [0.25, 0.3) is 11.1 Å². The second kappa shape index (κ2) is 6.22. The van der Waals surface area contributed by atoms with Gasteiger partial charge in [-0.1, -0.05) is 48.5 Å². The Balaban J connectivity index is 2.50. The SMILES string of the molecule is O=C(O)Cc1ccc(CP(=O)(O)O)c(-c2ccccc2)c1. The van der Waals surface area contributed by atoms with E-state index in [1.807, 2.05) is 30.3 Å². The van der Waals surface area contributed by atoms with Gasteiger partial charge < -0.3 is 14.9 Å². The number of aliphatic carboxylic acids is 1. The molecule has 0 heterocycles. The second-order valence-corrected chi connectivity index (χ2v) is 6.40. The van der Waals surface area contributed by atoms with Gasteiger partial charge in [-0.05, 0) is 22.3 Å². The van der Waals surface area contributed by atoms with Crippen LogP contribution < -0.4 is 0 Å². The Bertz CT molecular complexity index is 690. The fourth-order valence-corrected chi connectivity index (χ4v) is 2.87. The molecule has 5 nitrogen and oxygen atoms in total. The molecule has 0 atom stereocenters. The number of benzene rings is 2. The Morgan fingerprint density at radius 2 is 1.71 bits per heavy atom. The van der Waals surface area contributed by atoms with Gasteiger partial charge >= 0.3 is 13.6 Å². The van der Waals surface area contributed by atoms with E-state index in [1.165, 1.54) is 0 Å². The Morgan fingerprint density at radius 3 is 2.29 bits per heavy atom. The molecule has 21 heavy (non-hydrogen) atoms. The number of rotatable bonds is 5. The van der Waals surface area contributed by atoms with Crippen LogP contribution in [0.4, 0.5) is 0 Å². The van der Waals surface area contributed by atoms with Crippen LogP contribution in [-0.2, 0) is 21.9 Å². The molecule has 2 aromatic carbocycles. The van der Waals surface area contributed by atoms with Crippen LogP contribution >= 0.6 is 7.60 Å². The zero-order chi connectivity index (χ0) is 15.5. The zero-order valence-electron chi connectivity index (χ0n) is 11.1. The predicted molar refractivity (Wildman–Crippen MR) is 79.0 cm³/mol. The smallest absolute Gasteiger partial charge is 0.329 e. The fraction of sp³-hybridized carbons (Fsp3) is 0.133. The predicted octanol–water partition coefficient (Wildman–Crippen LogP) is 2.66. The van der Waals surface area contributed by atoms with Crippen molar-refractivity contribution < 1.29 is 24.3 Å². The van der Waals surface area contributed by atoms with E-state index >= 15 is 0 Å². The molecule has 0 saturated heterocycles. The van der Waals surface area contributed by atoms with E-state index in [0.29, 0.717) is 16.7 Å². The standard InChI is InChI=1S/C15H15O5P/c16-15(17)9-11-6-7-13(10-21(18,19)20)14(8-11)12-4-2-1-3-5-12/h1-8H,9-10H2,(H,16,17)(H2,18,19,20). The highest BCUT2D eigenvalue weighted by Crippen LogP contribution is 2.42. The van der Waals surface area contributed by atoms with Crippen molar-refractivity contribution in [3.63, 3.8) is 0 Å². The van der Waals surface area contributed by atoms with Gasteiger partial charge in [0, 0.05) is 0 Å². The van der Waals surface area contributed by atoms with Crippen molar-refractivity contribution in [1.82, 2.24) is 0 Å². The molecule has 2 rings (SSSR count).